The van der Waals surface area contributed by atoms with E-state index in [1.807, 2.05) is 6.92 Å². The van der Waals surface area contributed by atoms with Gasteiger partial charge in [0.2, 0.25) is 6.34 Å². The molecule has 0 bridgehead atoms. The smallest absolute Gasteiger partial charge is 0.411 e. The van der Waals surface area contributed by atoms with Crippen LogP contribution in [0.1, 0.15) is 41.5 Å². The molecule has 0 spiro atoms. The Hall–Kier alpha value is -5.11. The van der Waals surface area contributed by atoms with Gasteiger partial charge in [0.1, 0.15) is 37.9 Å². The van der Waals surface area contributed by atoms with Crippen LogP contribution in [-0.4, -0.2) is 84.2 Å². The SMILES string of the molecule is CCN(C)CC(=O)OCc1c(Cl)cccc1NC(=O)OCC[N+]1(C[C@](O)(c2cc(F)ccc2F)[C@@H](C)c2nc(-c3ccc(C#N)cc3)cs2)C=NC=N1. The fourth-order valence-electron chi connectivity index (χ4n) is 5.63. The number of hydrogen-bond donors (Lipinski definition) is 2. The average Bonchev–Trinajstić information content (AvgIpc) is 3.82. The van der Waals surface area contributed by atoms with Gasteiger partial charge in [0.05, 0.1) is 34.6 Å². The number of benzene rings is 3. The van der Waals surface area contributed by atoms with Crippen LogP contribution < -0.4 is 5.32 Å². The first-order chi connectivity index (χ1) is 25.4. The Kier molecular flexibility index (Phi) is 12.7. The first-order valence-corrected chi connectivity index (χ1v) is 17.8. The van der Waals surface area contributed by atoms with E-state index >= 15 is 4.39 Å². The fraction of sp³-hybridized carbons (Fsp3) is 0.297. The van der Waals surface area contributed by atoms with E-state index in [1.165, 1.54) is 24.0 Å². The monoisotopic (exact) mass is 764 g/mol. The Morgan fingerprint density at radius 3 is 2.64 bits per heavy atom. The Morgan fingerprint density at radius 1 is 1.17 bits per heavy atom. The van der Waals surface area contributed by atoms with Gasteiger partial charge in [-0.25, -0.2) is 18.6 Å². The molecule has 1 aromatic heterocycles. The van der Waals surface area contributed by atoms with Crippen LogP contribution >= 0.6 is 22.9 Å². The van der Waals surface area contributed by atoms with Crippen LogP contribution in [0.25, 0.3) is 11.3 Å². The first-order valence-electron chi connectivity index (χ1n) is 16.5. The number of amides is 1. The number of likely N-dealkylation sites (N-methyl/N-ethyl adjacent to an activating group) is 1. The van der Waals surface area contributed by atoms with Gasteiger partial charge in [-0.05, 0) is 56.1 Å². The van der Waals surface area contributed by atoms with Crippen LogP contribution in [0.5, 0.6) is 0 Å². The number of aliphatic imine (C=N–C) groups is 1. The number of quaternary nitrogens is 1. The zero-order valence-electron chi connectivity index (χ0n) is 29.1. The third kappa shape index (κ3) is 9.47. The van der Waals surface area contributed by atoms with Gasteiger partial charge in [-0.3, -0.25) is 15.0 Å². The van der Waals surface area contributed by atoms with Crippen LogP contribution in [-0.2, 0) is 26.5 Å². The standard InChI is InChI=1S/C37H36ClF2N7O5S/c1-4-46(3)18-34(48)52-19-28-30(38)6-5-7-32(28)45-36(49)51-15-14-47(23-42-22-43-47)21-37(50,29-16-27(39)12-13-31(29)40)24(2)35-44-33(20-53-35)26-10-8-25(17-41)9-11-26/h5-13,16,20,22-24,50H,4,14-15,18-19,21H2,1-3H3/p+1/t24-,37+,47?/m0/s1. The molecule has 3 aromatic carbocycles. The maximum Gasteiger partial charge on any atom is 0.411 e. The van der Waals surface area contributed by atoms with Gasteiger partial charge in [-0.1, -0.05) is 48.7 Å². The molecule has 5 rings (SSSR count). The van der Waals surface area contributed by atoms with E-state index < -0.39 is 39.8 Å². The summed E-state index contributed by atoms with van der Waals surface area (Å²) in [5.41, 5.74) is 0.0532. The number of rotatable bonds is 15. The Bertz CT molecular complexity index is 2040. The van der Waals surface area contributed by atoms with Crippen LogP contribution in [0.2, 0.25) is 5.02 Å². The number of nitrogens with one attached hydrogen (secondary N) is 1. The molecule has 0 saturated carbocycles. The van der Waals surface area contributed by atoms with Crippen molar-refractivity contribution in [3.63, 3.8) is 0 Å². The minimum atomic E-state index is -2.10. The second-order valence-electron chi connectivity index (χ2n) is 12.4. The number of aromatic nitrogens is 1. The van der Waals surface area contributed by atoms with E-state index in [4.69, 9.17) is 31.3 Å². The van der Waals surface area contributed by atoms with Crippen molar-refractivity contribution in [2.24, 2.45) is 10.1 Å². The molecule has 1 aliphatic rings. The molecule has 1 aliphatic heterocycles. The largest absolute Gasteiger partial charge is 0.460 e. The fourth-order valence-corrected chi connectivity index (χ4v) is 6.83. The van der Waals surface area contributed by atoms with E-state index in [1.54, 1.807) is 66.7 Å². The maximum absolute atomic E-state index is 15.5. The summed E-state index contributed by atoms with van der Waals surface area (Å²) in [5, 5.41) is 31.2. The van der Waals surface area contributed by atoms with E-state index in [-0.39, 0.29) is 49.1 Å². The molecule has 4 aromatic rings. The molecule has 1 unspecified atom stereocenters. The summed E-state index contributed by atoms with van der Waals surface area (Å²) < 4.78 is 40.6. The summed E-state index contributed by atoms with van der Waals surface area (Å²) in [6.45, 7) is 3.51. The predicted molar refractivity (Wildman–Crippen MR) is 197 cm³/mol. The zero-order valence-corrected chi connectivity index (χ0v) is 30.7. The lowest BCUT2D eigenvalue weighted by Gasteiger charge is -2.38. The molecule has 2 heterocycles. The minimum absolute atomic E-state index is 0.0429. The lowest BCUT2D eigenvalue weighted by molar-refractivity contribution is -0.848. The highest BCUT2D eigenvalue weighted by Crippen LogP contribution is 2.42. The molecular formula is C37H37ClF2N7O5S+. The summed E-state index contributed by atoms with van der Waals surface area (Å²) in [6, 6.07) is 16.6. The van der Waals surface area contributed by atoms with Crippen molar-refractivity contribution in [1.82, 2.24) is 9.88 Å². The number of nitriles is 1. The van der Waals surface area contributed by atoms with Gasteiger partial charge in [-0.15, -0.1) is 15.9 Å². The molecule has 1 amide bonds. The summed E-state index contributed by atoms with van der Waals surface area (Å²) in [5.74, 6) is -2.94. The number of ether oxygens (including phenoxy) is 2. The number of esters is 1. The van der Waals surface area contributed by atoms with Gasteiger partial charge in [0, 0.05) is 33.0 Å². The van der Waals surface area contributed by atoms with Crippen molar-refractivity contribution >= 4 is 53.4 Å². The molecule has 276 valence electrons. The van der Waals surface area contributed by atoms with Gasteiger partial charge >= 0.3 is 12.1 Å². The highest BCUT2D eigenvalue weighted by Gasteiger charge is 2.49. The normalized spacial score (nSPS) is 16.6. The first kappa shape index (κ1) is 39.1. The molecule has 0 radical (unpaired) electrons. The number of anilines is 1. The number of halogens is 3. The topological polar surface area (TPSA) is 150 Å². The number of thiazole rings is 1. The van der Waals surface area contributed by atoms with Crippen molar-refractivity contribution in [3.8, 4) is 17.3 Å². The summed E-state index contributed by atoms with van der Waals surface area (Å²) in [4.78, 5) is 35.8. The summed E-state index contributed by atoms with van der Waals surface area (Å²) >= 11 is 7.61. The van der Waals surface area contributed by atoms with Gasteiger partial charge in [0.15, 0.2) is 11.9 Å². The lowest BCUT2D eigenvalue weighted by Crippen LogP contribution is -2.54. The number of hydrogen-bond acceptors (Lipinski definition) is 11. The van der Waals surface area contributed by atoms with Crippen molar-refractivity contribution in [2.45, 2.75) is 32.0 Å². The van der Waals surface area contributed by atoms with Gasteiger partial charge in [-0.2, -0.15) is 10.3 Å². The summed E-state index contributed by atoms with van der Waals surface area (Å²) in [6.07, 6.45) is 1.83. The van der Waals surface area contributed by atoms with Crippen molar-refractivity contribution in [1.29, 1.82) is 5.26 Å². The minimum Gasteiger partial charge on any atom is -0.460 e. The lowest BCUT2D eigenvalue weighted by atomic mass is 9.81. The number of carbonyl (C=O) groups is 2. The molecule has 0 aliphatic carbocycles. The molecular weight excluding hydrogens is 728 g/mol. The Balaban J connectivity index is 1.33. The Labute approximate surface area is 314 Å². The second kappa shape index (κ2) is 17.1. The molecule has 0 saturated heterocycles. The predicted octanol–water partition coefficient (Wildman–Crippen LogP) is 6.65. The number of aliphatic hydroxyl groups is 1. The number of nitrogens with zero attached hydrogens (tertiary/aromatic N) is 6. The van der Waals surface area contributed by atoms with Crippen molar-refractivity contribution in [3.05, 3.63) is 104 Å². The van der Waals surface area contributed by atoms with E-state index in [9.17, 15) is 19.1 Å². The van der Waals surface area contributed by atoms with Crippen molar-refractivity contribution in [2.75, 3.05) is 45.2 Å². The van der Waals surface area contributed by atoms with Crippen molar-refractivity contribution < 1.29 is 37.5 Å². The third-order valence-electron chi connectivity index (χ3n) is 8.84. The maximum atomic E-state index is 15.5. The van der Waals surface area contributed by atoms with Crippen LogP contribution in [0.3, 0.4) is 0 Å². The summed E-state index contributed by atoms with van der Waals surface area (Å²) in [7, 11) is 1.78. The van der Waals surface area contributed by atoms with Gasteiger partial charge < -0.3 is 14.6 Å². The van der Waals surface area contributed by atoms with Gasteiger partial charge in [0.25, 0.3) is 0 Å². The zero-order chi connectivity index (χ0) is 38.2. The Morgan fingerprint density at radius 2 is 1.94 bits per heavy atom. The number of carbonyl (C=O) groups excluding carboxylic acids is 2. The molecule has 2 N–H and O–H groups in total. The highest BCUT2D eigenvalue weighted by atomic mass is 35.5. The molecule has 12 nitrogen and oxygen atoms in total. The van der Waals surface area contributed by atoms with Crippen LogP contribution in [0.4, 0.5) is 19.3 Å². The highest BCUT2D eigenvalue weighted by molar-refractivity contribution is 7.10. The second-order valence-corrected chi connectivity index (χ2v) is 13.7. The molecule has 3 atom stereocenters. The molecule has 0 fully saturated rings. The van der Waals surface area contributed by atoms with E-state index in [2.05, 4.69) is 21.5 Å². The van der Waals surface area contributed by atoms with Crippen LogP contribution in [0.15, 0.2) is 76.1 Å². The third-order valence-corrected chi connectivity index (χ3v) is 10.2. The van der Waals surface area contributed by atoms with E-state index in [0.29, 0.717) is 28.4 Å². The quantitative estimate of drug-likeness (QED) is 0.101. The van der Waals surface area contributed by atoms with Crippen LogP contribution in [0, 0.1) is 23.0 Å². The molecule has 16 heteroatoms. The van der Waals surface area contributed by atoms with E-state index in [0.717, 1.165) is 23.8 Å². The average molecular weight is 765 g/mol. The molecule has 53 heavy (non-hydrogen) atoms.